The fourth-order valence-electron chi connectivity index (χ4n) is 2.16. The Morgan fingerprint density at radius 2 is 2.07 bits per heavy atom. The van der Waals surface area contributed by atoms with Crippen molar-refractivity contribution in [3.8, 4) is 0 Å². The van der Waals surface area contributed by atoms with E-state index in [1.165, 1.54) is 5.56 Å². The molecule has 0 spiro atoms. The van der Waals surface area contributed by atoms with Crippen LogP contribution in [-0.4, -0.2) is 13.6 Å². The van der Waals surface area contributed by atoms with Gasteiger partial charge < -0.3 is 4.90 Å². The molecule has 0 radical (unpaired) electrons. The minimum absolute atomic E-state index is 0.111. The van der Waals surface area contributed by atoms with Gasteiger partial charge in [-0.3, -0.25) is 0 Å². The van der Waals surface area contributed by atoms with Crippen LogP contribution in [0.5, 0.6) is 0 Å². The molecule has 0 fully saturated rings. The van der Waals surface area contributed by atoms with Crippen molar-refractivity contribution in [2.24, 2.45) is 0 Å². The summed E-state index contributed by atoms with van der Waals surface area (Å²) >= 11 is 3.23. The number of rotatable bonds is 0. The zero-order valence-electron chi connectivity index (χ0n) is 8.56. The van der Waals surface area contributed by atoms with Crippen LogP contribution in [0.3, 0.4) is 0 Å². The molecule has 1 heterocycles. The molecule has 0 saturated carbocycles. The van der Waals surface area contributed by atoms with Gasteiger partial charge in [-0.05, 0) is 33.6 Å². The van der Waals surface area contributed by atoms with Gasteiger partial charge in [0.2, 0.25) is 0 Å². The second kappa shape index (κ2) is 2.96. The molecular formula is C11H13BrFN. The van der Waals surface area contributed by atoms with Crippen molar-refractivity contribution in [1.82, 2.24) is 0 Å². The minimum Gasteiger partial charge on any atom is -0.373 e. The maximum atomic E-state index is 13.3. The third kappa shape index (κ3) is 1.34. The van der Waals surface area contributed by atoms with Crippen molar-refractivity contribution in [3.05, 3.63) is 28.0 Å². The zero-order chi connectivity index (χ0) is 10.5. The van der Waals surface area contributed by atoms with Gasteiger partial charge in [-0.2, -0.15) is 0 Å². The number of nitrogens with zero attached hydrogens (tertiary/aromatic N) is 1. The van der Waals surface area contributed by atoms with E-state index in [9.17, 15) is 4.39 Å². The predicted molar refractivity (Wildman–Crippen MR) is 60.4 cm³/mol. The van der Waals surface area contributed by atoms with Gasteiger partial charge in [0.05, 0.1) is 4.47 Å². The van der Waals surface area contributed by atoms with Crippen LogP contribution in [0.1, 0.15) is 19.4 Å². The van der Waals surface area contributed by atoms with Gasteiger partial charge in [0.1, 0.15) is 5.82 Å². The molecule has 0 saturated heterocycles. The maximum Gasteiger partial charge on any atom is 0.139 e. The highest BCUT2D eigenvalue weighted by molar-refractivity contribution is 9.10. The number of likely N-dealkylation sites (N-methyl/N-ethyl adjacent to an activating group) is 1. The number of anilines is 1. The molecule has 0 amide bonds. The highest BCUT2D eigenvalue weighted by Crippen LogP contribution is 2.41. The first kappa shape index (κ1) is 9.97. The molecule has 1 aromatic carbocycles. The number of hydrogen-bond donors (Lipinski definition) is 0. The molecule has 0 atom stereocenters. The quantitative estimate of drug-likeness (QED) is 0.690. The average molecular weight is 258 g/mol. The fourth-order valence-corrected chi connectivity index (χ4v) is 2.50. The normalized spacial score (nSPS) is 18.5. The Morgan fingerprint density at radius 1 is 1.43 bits per heavy atom. The zero-order valence-corrected chi connectivity index (χ0v) is 10.2. The monoisotopic (exact) mass is 257 g/mol. The van der Waals surface area contributed by atoms with Gasteiger partial charge in [-0.1, -0.05) is 13.8 Å². The third-order valence-corrected chi connectivity index (χ3v) is 3.42. The van der Waals surface area contributed by atoms with Crippen molar-refractivity contribution >= 4 is 21.6 Å². The van der Waals surface area contributed by atoms with Crippen molar-refractivity contribution < 1.29 is 4.39 Å². The number of hydrogen-bond acceptors (Lipinski definition) is 1. The second-order valence-electron chi connectivity index (χ2n) is 4.52. The summed E-state index contributed by atoms with van der Waals surface area (Å²) in [5, 5.41) is 0. The predicted octanol–water partition coefficient (Wildman–Crippen LogP) is 3.32. The lowest BCUT2D eigenvalue weighted by atomic mass is 9.87. The molecule has 0 bridgehead atoms. The summed E-state index contributed by atoms with van der Waals surface area (Å²) in [6.45, 7) is 5.30. The lowest BCUT2D eigenvalue weighted by molar-refractivity contribution is 0.562. The Balaban J connectivity index is 2.64. The van der Waals surface area contributed by atoms with E-state index in [1.54, 1.807) is 6.07 Å². The molecule has 3 heteroatoms. The minimum atomic E-state index is -0.187. The molecule has 0 unspecified atom stereocenters. The second-order valence-corrected chi connectivity index (χ2v) is 5.38. The molecule has 76 valence electrons. The van der Waals surface area contributed by atoms with Gasteiger partial charge in [0.25, 0.3) is 0 Å². The smallest absolute Gasteiger partial charge is 0.139 e. The fraction of sp³-hybridized carbons (Fsp3) is 0.455. The standard InChI is InChI=1S/C11H13BrFN/c1-11(2)6-14(3)10-5-9(13)8(12)4-7(10)11/h4-5H,6H2,1-3H3. The van der Waals surface area contributed by atoms with Crippen LogP contribution in [0.2, 0.25) is 0 Å². The molecule has 14 heavy (non-hydrogen) atoms. The summed E-state index contributed by atoms with van der Waals surface area (Å²) < 4.78 is 13.9. The third-order valence-electron chi connectivity index (χ3n) is 2.81. The molecular weight excluding hydrogens is 245 g/mol. The van der Waals surface area contributed by atoms with E-state index < -0.39 is 0 Å². The summed E-state index contributed by atoms with van der Waals surface area (Å²) in [4.78, 5) is 2.10. The molecule has 0 N–H and O–H groups in total. The van der Waals surface area contributed by atoms with E-state index in [0.29, 0.717) is 4.47 Å². The Kier molecular flexibility index (Phi) is 2.11. The van der Waals surface area contributed by atoms with E-state index in [-0.39, 0.29) is 11.2 Å². The molecule has 1 aliphatic heterocycles. The Morgan fingerprint density at radius 3 is 2.71 bits per heavy atom. The van der Waals surface area contributed by atoms with Crippen molar-refractivity contribution in [1.29, 1.82) is 0 Å². The Bertz CT molecular complexity index is 387. The SMILES string of the molecule is CN1CC(C)(C)c2cc(Br)c(F)cc21. The van der Waals surface area contributed by atoms with Crippen molar-refractivity contribution in [3.63, 3.8) is 0 Å². The maximum absolute atomic E-state index is 13.3. The van der Waals surface area contributed by atoms with Crippen LogP contribution < -0.4 is 4.90 Å². The first-order valence-electron chi connectivity index (χ1n) is 4.62. The summed E-state index contributed by atoms with van der Waals surface area (Å²) in [7, 11) is 2.00. The topological polar surface area (TPSA) is 3.24 Å². The van der Waals surface area contributed by atoms with E-state index in [2.05, 4.69) is 34.7 Å². The largest absolute Gasteiger partial charge is 0.373 e. The first-order valence-corrected chi connectivity index (χ1v) is 5.42. The lowest BCUT2D eigenvalue weighted by Crippen LogP contribution is -2.24. The molecule has 1 nitrogen and oxygen atoms in total. The van der Waals surface area contributed by atoms with E-state index >= 15 is 0 Å². The number of halogens is 2. The van der Waals surface area contributed by atoms with Crippen LogP contribution in [0.4, 0.5) is 10.1 Å². The summed E-state index contributed by atoms with van der Waals surface area (Å²) in [6.07, 6.45) is 0. The van der Waals surface area contributed by atoms with Gasteiger partial charge >= 0.3 is 0 Å². The Hall–Kier alpha value is -0.570. The molecule has 1 aliphatic rings. The molecule has 0 aromatic heterocycles. The average Bonchev–Trinajstić information content (AvgIpc) is 2.26. The van der Waals surface area contributed by atoms with Crippen LogP contribution in [-0.2, 0) is 5.41 Å². The van der Waals surface area contributed by atoms with Gasteiger partial charge in [-0.15, -0.1) is 0 Å². The molecule has 0 aliphatic carbocycles. The van der Waals surface area contributed by atoms with E-state index in [4.69, 9.17) is 0 Å². The van der Waals surface area contributed by atoms with Crippen LogP contribution in [0, 0.1) is 5.82 Å². The van der Waals surface area contributed by atoms with Gasteiger partial charge in [0.15, 0.2) is 0 Å². The number of fused-ring (bicyclic) bond motifs is 1. The summed E-state index contributed by atoms with van der Waals surface area (Å²) in [5.41, 5.74) is 2.34. The highest BCUT2D eigenvalue weighted by Gasteiger charge is 2.33. The highest BCUT2D eigenvalue weighted by atomic mass is 79.9. The molecule has 1 aromatic rings. The van der Waals surface area contributed by atoms with E-state index in [1.807, 2.05) is 13.1 Å². The Labute approximate surface area is 92.0 Å². The molecule has 2 rings (SSSR count). The van der Waals surface area contributed by atoms with Crippen molar-refractivity contribution in [2.75, 3.05) is 18.5 Å². The lowest BCUT2D eigenvalue weighted by Gasteiger charge is -2.18. The van der Waals surface area contributed by atoms with Crippen LogP contribution in [0.15, 0.2) is 16.6 Å². The van der Waals surface area contributed by atoms with Crippen molar-refractivity contribution in [2.45, 2.75) is 19.3 Å². The van der Waals surface area contributed by atoms with Crippen LogP contribution in [0.25, 0.3) is 0 Å². The van der Waals surface area contributed by atoms with E-state index in [0.717, 1.165) is 12.2 Å². The summed E-state index contributed by atoms with van der Waals surface area (Å²) in [5.74, 6) is -0.187. The first-order chi connectivity index (χ1) is 6.42. The summed E-state index contributed by atoms with van der Waals surface area (Å²) in [6, 6.07) is 3.50. The van der Waals surface area contributed by atoms with Gasteiger partial charge in [0, 0.05) is 24.7 Å². The van der Waals surface area contributed by atoms with Gasteiger partial charge in [-0.25, -0.2) is 4.39 Å². The number of benzene rings is 1. The van der Waals surface area contributed by atoms with Crippen LogP contribution >= 0.6 is 15.9 Å².